The Kier molecular flexibility index (Phi) is 3.74. The monoisotopic (exact) mass is 391 g/mol. The van der Waals surface area contributed by atoms with Crippen molar-refractivity contribution in [1.29, 1.82) is 0 Å². The van der Waals surface area contributed by atoms with Gasteiger partial charge in [-0.25, -0.2) is 9.78 Å². The Balaban J connectivity index is 2.00. The normalized spacial score (nSPS) is 10.5. The number of rotatable bonds is 3. The molecule has 0 atom stereocenters. The molecule has 0 aliphatic rings. The molecule has 0 aliphatic carbocycles. The van der Waals surface area contributed by atoms with E-state index in [1.165, 1.54) is 0 Å². The van der Waals surface area contributed by atoms with Gasteiger partial charge in [-0.2, -0.15) is 0 Å². The molecule has 0 bridgehead atoms. The number of hydrogen-bond donors (Lipinski definition) is 1. The summed E-state index contributed by atoms with van der Waals surface area (Å²) >= 11 is 2.06. The molecule has 0 amide bonds. The molecule has 2 aromatic carbocycles. The Morgan fingerprint density at radius 2 is 1.90 bits per heavy atom. The number of aromatic carboxylic acids is 1. The molecule has 0 saturated carbocycles. The number of pyridine rings is 1. The molecule has 5 heteroatoms. The predicted octanol–water partition coefficient (Wildman–Crippen LogP) is 4.33. The summed E-state index contributed by atoms with van der Waals surface area (Å²) in [6.07, 6.45) is 0. The zero-order chi connectivity index (χ0) is 14.8. The number of carboxylic acid groups (broad SMARTS) is 1. The summed E-state index contributed by atoms with van der Waals surface area (Å²) in [5.74, 6) is -0.368. The third kappa shape index (κ3) is 2.97. The van der Waals surface area contributed by atoms with Gasteiger partial charge >= 0.3 is 5.97 Å². The van der Waals surface area contributed by atoms with Gasteiger partial charge in [0.25, 0.3) is 0 Å². The van der Waals surface area contributed by atoms with Gasteiger partial charge in [0.2, 0.25) is 5.88 Å². The van der Waals surface area contributed by atoms with Crippen molar-refractivity contribution in [3.63, 3.8) is 0 Å². The van der Waals surface area contributed by atoms with Gasteiger partial charge < -0.3 is 9.84 Å². The number of fused-ring (bicyclic) bond motifs is 1. The number of hydrogen-bond acceptors (Lipinski definition) is 3. The molecule has 0 aliphatic heterocycles. The van der Waals surface area contributed by atoms with Gasteiger partial charge in [0.15, 0.2) is 0 Å². The molecular formula is C16H10INO3. The minimum absolute atomic E-state index is 0.122. The van der Waals surface area contributed by atoms with E-state index in [1.54, 1.807) is 24.3 Å². The van der Waals surface area contributed by atoms with Gasteiger partial charge in [0, 0.05) is 15.0 Å². The van der Waals surface area contributed by atoms with Gasteiger partial charge in [0.05, 0.1) is 5.52 Å². The van der Waals surface area contributed by atoms with E-state index < -0.39 is 5.97 Å². The molecule has 0 saturated heterocycles. The molecular weight excluding hydrogens is 381 g/mol. The number of halogens is 1. The highest BCUT2D eigenvalue weighted by Crippen LogP contribution is 2.27. The maximum Gasteiger partial charge on any atom is 0.339 e. The van der Waals surface area contributed by atoms with E-state index in [0.717, 1.165) is 14.5 Å². The number of para-hydroxylation sites is 1. The van der Waals surface area contributed by atoms with E-state index in [0.29, 0.717) is 5.88 Å². The highest BCUT2D eigenvalue weighted by Gasteiger charge is 2.13. The molecule has 0 unspecified atom stereocenters. The molecule has 0 spiro atoms. The van der Waals surface area contributed by atoms with Crippen LogP contribution in [0.15, 0.2) is 54.6 Å². The van der Waals surface area contributed by atoms with E-state index in [2.05, 4.69) is 27.6 Å². The number of carboxylic acids is 1. The summed E-state index contributed by atoms with van der Waals surface area (Å²) < 4.78 is 6.48. The molecule has 21 heavy (non-hydrogen) atoms. The van der Waals surface area contributed by atoms with Crippen LogP contribution in [-0.4, -0.2) is 16.1 Å². The van der Waals surface area contributed by atoms with Gasteiger partial charge in [-0.3, -0.25) is 0 Å². The van der Waals surface area contributed by atoms with E-state index >= 15 is 0 Å². The highest BCUT2D eigenvalue weighted by atomic mass is 127. The Bertz CT molecular complexity index is 833. The minimum Gasteiger partial charge on any atom is -0.478 e. The van der Waals surface area contributed by atoms with Crippen LogP contribution in [0.2, 0.25) is 0 Å². The first kappa shape index (κ1) is 13.8. The van der Waals surface area contributed by atoms with Crippen molar-refractivity contribution in [2.24, 2.45) is 0 Å². The second kappa shape index (κ2) is 5.69. The summed E-state index contributed by atoms with van der Waals surface area (Å²) in [7, 11) is 0. The fourth-order valence-electron chi connectivity index (χ4n) is 1.98. The third-order valence-corrected chi connectivity index (χ3v) is 3.63. The fraction of sp³-hybridized carbons (Fsp3) is 0. The zero-order valence-electron chi connectivity index (χ0n) is 10.8. The summed E-state index contributed by atoms with van der Waals surface area (Å²) in [4.78, 5) is 15.6. The molecule has 0 radical (unpaired) electrons. The van der Waals surface area contributed by atoms with Crippen molar-refractivity contribution in [1.82, 2.24) is 4.98 Å². The van der Waals surface area contributed by atoms with Crippen molar-refractivity contribution in [2.75, 3.05) is 0 Å². The lowest BCUT2D eigenvalue weighted by molar-refractivity contribution is 0.0694. The first-order valence-corrected chi connectivity index (χ1v) is 7.28. The second-order valence-electron chi connectivity index (χ2n) is 4.39. The zero-order valence-corrected chi connectivity index (χ0v) is 12.9. The second-order valence-corrected chi connectivity index (χ2v) is 5.64. The average Bonchev–Trinajstić information content (AvgIpc) is 2.49. The SMILES string of the molecule is O=C(O)c1cc(I)ccc1Oc1ccc2ccccc2n1. The first-order valence-electron chi connectivity index (χ1n) is 6.20. The van der Waals surface area contributed by atoms with Gasteiger partial charge in [-0.05, 0) is 52.9 Å². The van der Waals surface area contributed by atoms with Crippen molar-refractivity contribution in [2.45, 2.75) is 0 Å². The van der Waals surface area contributed by atoms with Crippen LogP contribution >= 0.6 is 22.6 Å². The Morgan fingerprint density at radius 1 is 1.10 bits per heavy atom. The lowest BCUT2D eigenvalue weighted by atomic mass is 10.2. The maximum absolute atomic E-state index is 11.3. The van der Waals surface area contributed by atoms with Crippen LogP contribution in [0.3, 0.4) is 0 Å². The number of nitrogens with zero attached hydrogens (tertiary/aromatic N) is 1. The van der Waals surface area contributed by atoms with Crippen LogP contribution in [0.4, 0.5) is 0 Å². The average molecular weight is 391 g/mol. The number of carbonyl (C=O) groups is 1. The lowest BCUT2D eigenvalue weighted by Gasteiger charge is -2.09. The van der Waals surface area contributed by atoms with Crippen LogP contribution in [0.1, 0.15) is 10.4 Å². The van der Waals surface area contributed by atoms with Gasteiger partial charge in [-0.1, -0.05) is 18.2 Å². The topological polar surface area (TPSA) is 59.4 Å². The molecule has 104 valence electrons. The predicted molar refractivity (Wildman–Crippen MR) is 87.9 cm³/mol. The smallest absolute Gasteiger partial charge is 0.339 e. The molecule has 1 heterocycles. The van der Waals surface area contributed by atoms with Crippen LogP contribution in [-0.2, 0) is 0 Å². The van der Waals surface area contributed by atoms with Crippen LogP contribution in [0.25, 0.3) is 10.9 Å². The Hall–Kier alpha value is -2.15. The Morgan fingerprint density at radius 3 is 2.71 bits per heavy atom. The van der Waals surface area contributed by atoms with Crippen molar-refractivity contribution < 1.29 is 14.6 Å². The standard InChI is InChI=1S/C16H10INO3/c17-11-6-7-14(12(9-11)16(19)20)21-15-8-5-10-3-1-2-4-13(10)18-15/h1-9H,(H,19,20). The summed E-state index contributed by atoms with van der Waals surface area (Å²) in [5.41, 5.74) is 0.925. The number of aromatic nitrogens is 1. The maximum atomic E-state index is 11.3. The van der Waals surface area contributed by atoms with Crippen LogP contribution in [0.5, 0.6) is 11.6 Å². The van der Waals surface area contributed by atoms with E-state index in [9.17, 15) is 9.90 Å². The van der Waals surface area contributed by atoms with Crippen molar-refractivity contribution >= 4 is 39.5 Å². The number of ether oxygens (including phenoxy) is 1. The van der Waals surface area contributed by atoms with E-state index in [1.807, 2.05) is 30.3 Å². The molecule has 3 aromatic rings. The Labute approximate surface area is 134 Å². The van der Waals surface area contributed by atoms with E-state index in [4.69, 9.17) is 4.74 Å². The minimum atomic E-state index is -1.02. The van der Waals surface area contributed by atoms with Gasteiger partial charge in [-0.15, -0.1) is 0 Å². The summed E-state index contributed by atoms with van der Waals surface area (Å²) in [6.45, 7) is 0. The van der Waals surface area contributed by atoms with Gasteiger partial charge in [0.1, 0.15) is 11.3 Å². The largest absolute Gasteiger partial charge is 0.478 e. The van der Waals surface area contributed by atoms with Crippen LogP contribution in [0, 0.1) is 3.57 Å². The molecule has 1 aromatic heterocycles. The van der Waals surface area contributed by atoms with Crippen molar-refractivity contribution in [3.05, 3.63) is 63.7 Å². The number of benzene rings is 2. The molecule has 1 N–H and O–H groups in total. The molecule has 3 rings (SSSR count). The van der Waals surface area contributed by atoms with E-state index in [-0.39, 0.29) is 11.3 Å². The fourth-order valence-corrected chi connectivity index (χ4v) is 2.47. The molecule has 4 nitrogen and oxygen atoms in total. The quantitative estimate of drug-likeness (QED) is 0.676. The highest BCUT2D eigenvalue weighted by molar-refractivity contribution is 14.1. The summed E-state index contributed by atoms with van der Waals surface area (Å²) in [5, 5.41) is 10.2. The lowest BCUT2D eigenvalue weighted by Crippen LogP contribution is -2.01. The van der Waals surface area contributed by atoms with Crippen molar-refractivity contribution in [3.8, 4) is 11.6 Å². The third-order valence-electron chi connectivity index (χ3n) is 2.96. The molecule has 0 fully saturated rings. The van der Waals surface area contributed by atoms with Crippen LogP contribution < -0.4 is 4.74 Å². The summed E-state index contributed by atoms with van der Waals surface area (Å²) in [6, 6.07) is 16.3. The first-order chi connectivity index (χ1) is 10.1.